The number of nitrogens with one attached hydrogen (secondary N) is 3. The van der Waals surface area contributed by atoms with E-state index in [1.54, 1.807) is 24.3 Å². The van der Waals surface area contributed by atoms with Crippen LogP contribution in [0.5, 0.6) is 0 Å². The number of carbonyl (C=O) groups is 2. The fraction of sp³-hybridized carbons (Fsp3) is 0.231. The molecule has 160 valence electrons. The third-order valence-electron chi connectivity index (χ3n) is 5.22. The number of hydrogen-bond acceptors (Lipinski definition) is 3. The van der Waals surface area contributed by atoms with Crippen LogP contribution in [0.4, 0.5) is 11.4 Å². The highest BCUT2D eigenvalue weighted by molar-refractivity contribution is 5.98. The van der Waals surface area contributed by atoms with Gasteiger partial charge < -0.3 is 16.0 Å². The summed E-state index contributed by atoms with van der Waals surface area (Å²) >= 11 is 0. The zero-order chi connectivity index (χ0) is 22.2. The quantitative estimate of drug-likeness (QED) is 0.479. The molecule has 0 heterocycles. The van der Waals surface area contributed by atoms with E-state index in [-0.39, 0.29) is 24.4 Å². The van der Waals surface area contributed by atoms with Gasteiger partial charge in [0.05, 0.1) is 12.6 Å². The standard InChI is InChI=1S/C26H29N3O2/c1-4-20-13-8-10-18(2)25(20)27-17-24(30)29-23-15-9-14-22(16-23)26(31)28-19(3)21-11-6-5-7-12-21/h5-16,19,27H,4,17H2,1-3H3,(H,28,31)(H,29,30). The molecule has 3 aromatic carbocycles. The van der Waals surface area contributed by atoms with Crippen LogP contribution in [-0.4, -0.2) is 18.4 Å². The van der Waals surface area contributed by atoms with E-state index in [2.05, 4.69) is 28.9 Å². The lowest BCUT2D eigenvalue weighted by Crippen LogP contribution is -2.27. The van der Waals surface area contributed by atoms with Crippen molar-refractivity contribution in [3.63, 3.8) is 0 Å². The third-order valence-corrected chi connectivity index (χ3v) is 5.22. The van der Waals surface area contributed by atoms with Gasteiger partial charge in [0, 0.05) is 16.9 Å². The van der Waals surface area contributed by atoms with E-state index in [9.17, 15) is 9.59 Å². The zero-order valence-corrected chi connectivity index (χ0v) is 18.2. The average molecular weight is 416 g/mol. The van der Waals surface area contributed by atoms with Crippen LogP contribution in [0.1, 0.15) is 46.9 Å². The minimum Gasteiger partial charge on any atom is -0.376 e. The van der Waals surface area contributed by atoms with Gasteiger partial charge in [0.1, 0.15) is 0 Å². The first-order valence-corrected chi connectivity index (χ1v) is 10.6. The van der Waals surface area contributed by atoms with Crippen LogP contribution < -0.4 is 16.0 Å². The van der Waals surface area contributed by atoms with Crippen LogP contribution in [0.3, 0.4) is 0 Å². The average Bonchev–Trinajstić information content (AvgIpc) is 2.78. The molecule has 3 rings (SSSR count). The Bertz CT molecular complexity index is 1050. The first-order chi connectivity index (χ1) is 15.0. The van der Waals surface area contributed by atoms with Crippen molar-refractivity contribution in [3.05, 3.63) is 95.1 Å². The van der Waals surface area contributed by atoms with Crippen molar-refractivity contribution < 1.29 is 9.59 Å². The molecule has 0 spiro atoms. The fourth-order valence-corrected chi connectivity index (χ4v) is 3.49. The molecule has 0 aliphatic carbocycles. The van der Waals surface area contributed by atoms with Crippen molar-refractivity contribution in [2.45, 2.75) is 33.2 Å². The summed E-state index contributed by atoms with van der Waals surface area (Å²) in [5, 5.41) is 9.11. The number of anilines is 2. The second-order valence-corrected chi connectivity index (χ2v) is 7.55. The Labute approximate surface area is 183 Å². The van der Waals surface area contributed by atoms with Gasteiger partial charge in [0.2, 0.25) is 5.91 Å². The van der Waals surface area contributed by atoms with E-state index in [0.29, 0.717) is 11.3 Å². The van der Waals surface area contributed by atoms with Gasteiger partial charge in [-0.1, -0.05) is 61.5 Å². The van der Waals surface area contributed by atoms with Crippen molar-refractivity contribution in [3.8, 4) is 0 Å². The molecule has 0 fully saturated rings. The minimum atomic E-state index is -0.182. The van der Waals surface area contributed by atoms with Crippen molar-refractivity contribution >= 4 is 23.2 Å². The van der Waals surface area contributed by atoms with E-state index in [0.717, 1.165) is 23.2 Å². The van der Waals surface area contributed by atoms with Gasteiger partial charge in [-0.3, -0.25) is 9.59 Å². The Morgan fingerprint density at radius 3 is 2.42 bits per heavy atom. The van der Waals surface area contributed by atoms with Gasteiger partial charge in [-0.25, -0.2) is 0 Å². The zero-order valence-electron chi connectivity index (χ0n) is 18.2. The molecule has 1 atom stereocenters. The molecule has 0 radical (unpaired) electrons. The van der Waals surface area contributed by atoms with Gasteiger partial charge >= 0.3 is 0 Å². The van der Waals surface area contributed by atoms with Crippen LogP contribution in [0.15, 0.2) is 72.8 Å². The van der Waals surface area contributed by atoms with Gasteiger partial charge in [0.25, 0.3) is 5.91 Å². The maximum atomic E-state index is 12.6. The Morgan fingerprint density at radius 2 is 1.68 bits per heavy atom. The Hall–Kier alpha value is -3.60. The molecular formula is C26H29N3O2. The fourth-order valence-electron chi connectivity index (χ4n) is 3.49. The lowest BCUT2D eigenvalue weighted by Gasteiger charge is -2.15. The number of benzene rings is 3. The summed E-state index contributed by atoms with van der Waals surface area (Å²) in [5.41, 5.74) is 5.42. The lowest BCUT2D eigenvalue weighted by atomic mass is 10.1. The van der Waals surface area contributed by atoms with Crippen molar-refractivity contribution in [2.24, 2.45) is 0 Å². The van der Waals surface area contributed by atoms with E-state index in [1.807, 2.05) is 56.3 Å². The maximum Gasteiger partial charge on any atom is 0.251 e. The van der Waals surface area contributed by atoms with Gasteiger partial charge in [0.15, 0.2) is 0 Å². The first kappa shape index (κ1) is 22.1. The van der Waals surface area contributed by atoms with E-state index < -0.39 is 0 Å². The monoisotopic (exact) mass is 415 g/mol. The van der Waals surface area contributed by atoms with Crippen LogP contribution in [0, 0.1) is 6.92 Å². The van der Waals surface area contributed by atoms with Crippen LogP contribution >= 0.6 is 0 Å². The highest BCUT2D eigenvalue weighted by Gasteiger charge is 2.13. The highest BCUT2D eigenvalue weighted by atomic mass is 16.2. The highest BCUT2D eigenvalue weighted by Crippen LogP contribution is 2.21. The first-order valence-electron chi connectivity index (χ1n) is 10.6. The number of amides is 2. The molecular weight excluding hydrogens is 386 g/mol. The molecule has 3 aromatic rings. The Morgan fingerprint density at radius 1 is 0.935 bits per heavy atom. The lowest BCUT2D eigenvalue weighted by molar-refractivity contribution is -0.114. The van der Waals surface area contributed by atoms with Crippen LogP contribution in [0.2, 0.25) is 0 Å². The third kappa shape index (κ3) is 5.95. The van der Waals surface area contributed by atoms with Crippen molar-refractivity contribution in [1.29, 1.82) is 0 Å². The number of aryl methyl sites for hydroxylation is 2. The largest absolute Gasteiger partial charge is 0.376 e. The summed E-state index contributed by atoms with van der Waals surface area (Å²) in [6, 6.07) is 22.8. The molecule has 0 saturated heterocycles. The summed E-state index contributed by atoms with van der Waals surface area (Å²) in [7, 11) is 0. The molecule has 0 aromatic heterocycles. The molecule has 5 nitrogen and oxygen atoms in total. The number of para-hydroxylation sites is 1. The summed E-state index contributed by atoms with van der Waals surface area (Å²) in [4.78, 5) is 25.1. The van der Waals surface area contributed by atoms with E-state index in [4.69, 9.17) is 0 Å². The molecule has 0 saturated carbocycles. The molecule has 0 aliphatic rings. The second-order valence-electron chi connectivity index (χ2n) is 7.55. The molecule has 1 unspecified atom stereocenters. The molecule has 3 N–H and O–H groups in total. The minimum absolute atomic E-state index is 0.113. The molecule has 0 aliphatic heterocycles. The Balaban J connectivity index is 1.60. The summed E-state index contributed by atoms with van der Waals surface area (Å²) < 4.78 is 0. The number of hydrogen-bond donors (Lipinski definition) is 3. The smallest absolute Gasteiger partial charge is 0.251 e. The van der Waals surface area contributed by atoms with E-state index in [1.165, 1.54) is 5.56 Å². The maximum absolute atomic E-state index is 12.6. The van der Waals surface area contributed by atoms with Gasteiger partial charge in [-0.05, 0) is 55.2 Å². The molecule has 0 bridgehead atoms. The molecule has 5 heteroatoms. The van der Waals surface area contributed by atoms with Gasteiger partial charge in [-0.15, -0.1) is 0 Å². The number of carbonyl (C=O) groups excluding carboxylic acids is 2. The predicted octanol–water partition coefficient (Wildman–Crippen LogP) is 5.10. The van der Waals surface area contributed by atoms with Crippen LogP contribution in [-0.2, 0) is 11.2 Å². The summed E-state index contributed by atoms with van der Waals surface area (Å²) in [6.45, 7) is 6.22. The molecule has 2 amide bonds. The Kier molecular flexibility index (Phi) is 7.44. The molecule has 31 heavy (non-hydrogen) atoms. The summed E-state index contributed by atoms with van der Waals surface area (Å²) in [6.07, 6.45) is 0.893. The summed E-state index contributed by atoms with van der Waals surface area (Å²) in [5.74, 6) is -0.349. The van der Waals surface area contributed by atoms with Crippen LogP contribution in [0.25, 0.3) is 0 Å². The second kappa shape index (κ2) is 10.4. The van der Waals surface area contributed by atoms with E-state index >= 15 is 0 Å². The SMILES string of the molecule is CCc1cccc(C)c1NCC(=O)Nc1cccc(C(=O)NC(C)c2ccccc2)c1. The normalized spacial score (nSPS) is 11.5. The van der Waals surface area contributed by atoms with Crippen molar-refractivity contribution in [2.75, 3.05) is 17.2 Å². The van der Waals surface area contributed by atoms with Crippen molar-refractivity contribution in [1.82, 2.24) is 5.32 Å². The topological polar surface area (TPSA) is 70.2 Å². The van der Waals surface area contributed by atoms with Gasteiger partial charge in [-0.2, -0.15) is 0 Å². The number of rotatable bonds is 8. The predicted molar refractivity (Wildman–Crippen MR) is 126 cm³/mol.